The molecule has 0 aliphatic carbocycles. The summed E-state index contributed by atoms with van der Waals surface area (Å²) in [5.41, 5.74) is 1.68. The highest BCUT2D eigenvalue weighted by Gasteiger charge is 2.08. The van der Waals surface area contributed by atoms with Gasteiger partial charge in [-0.1, -0.05) is 6.92 Å². The van der Waals surface area contributed by atoms with Crippen LogP contribution in [0.3, 0.4) is 0 Å². The van der Waals surface area contributed by atoms with E-state index in [4.69, 9.17) is 22.2 Å². The molecule has 0 saturated heterocycles. The van der Waals surface area contributed by atoms with Gasteiger partial charge in [0.25, 0.3) is 5.91 Å². The SMILES string of the molecule is CCC(C)Oc1ccc(NC(=S)NC(=O)c2ccc(C#N)cc2)cc1. The summed E-state index contributed by atoms with van der Waals surface area (Å²) in [5.74, 6) is 0.450. The van der Waals surface area contributed by atoms with E-state index in [0.717, 1.165) is 17.9 Å². The Bertz CT molecular complexity index is 780. The van der Waals surface area contributed by atoms with Gasteiger partial charge in [-0.25, -0.2) is 0 Å². The van der Waals surface area contributed by atoms with Crippen molar-refractivity contribution in [2.45, 2.75) is 26.4 Å². The van der Waals surface area contributed by atoms with Crippen LogP contribution in [-0.2, 0) is 0 Å². The number of nitrogens with zero attached hydrogens (tertiary/aromatic N) is 1. The van der Waals surface area contributed by atoms with Gasteiger partial charge >= 0.3 is 0 Å². The van der Waals surface area contributed by atoms with Crippen LogP contribution < -0.4 is 15.4 Å². The van der Waals surface area contributed by atoms with Gasteiger partial charge in [0.15, 0.2) is 5.11 Å². The molecule has 2 rings (SSSR count). The van der Waals surface area contributed by atoms with E-state index in [1.54, 1.807) is 24.3 Å². The molecule has 2 aromatic carbocycles. The molecule has 25 heavy (non-hydrogen) atoms. The van der Waals surface area contributed by atoms with Crippen molar-refractivity contribution < 1.29 is 9.53 Å². The average Bonchev–Trinajstić information content (AvgIpc) is 2.63. The molecule has 1 amide bonds. The topological polar surface area (TPSA) is 74.2 Å². The van der Waals surface area contributed by atoms with Crippen LogP contribution in [0.1, 0.15) is 36.2 Å². The van der Waals surface area contributed by atoms with Gasteiger partial charge in [0.1, 0.15) is 5.75 Å². The Hall–Kier alpha value is -2.91. The predicted octanol–water partition coefficient (Wildman–Crippen LogP) is 3.86. The van der Waals surface area contributed by atoms with Crippen LogP contribution in [0.4, 0.5) is 5.69 Å². The number of hydrogen-bond acceptors (Lipinski definition) is 4. The molecule has 0 aliphatic heterocycles. The van der Waals surface area contributed by atoms with Crippen LogP contribution >= 0.6 is 12.2 Å². The molecule has 0 bridgehead atoms. The first kappa shape index (κ1) is 18.4. The van der Waals surface area contributed by atoms with Crippen molar-refractivity contribution in [2.24, 2.45) is 0 Å². The summed E-state index contributed by atoms with van der Waals surface area (Å²) >= 11 is 5.16. The number of thiocarbonyl (C=S) groups is 1. The smallest absolute Gasteiger partial charge is 0.257 e. The van der Waals surface area contributed by atoms with Crippen molar-refractivity contribution in [3.8, 4) is 11.8 Å². The standard InChI is InChI=1S/C19H19N3O2S/c1-3-13(2)24-17-10-8-16(9-11-17)21-19(25)22-18(23)15-6-4-14(12-20)5-7-15/h4-11,13H,3H2,1-2H3,(H2,21,22,23,25). The highest BCUT2D eigenvalue weighted by molar-refractivity contribution is 7.80. The molecule has 6 heteroatoms. The van der Waals surface area contributed by atoms with E-state index in [2.05, 4.69) is 17.6 Å². The van der Waals surface area contributed by atoms with Gasteiger partial charge in [0.05, 0.1) is 17.7 Å². The Morgan fingerprint density at radius 1 is 1.20 bits per heavy atom. The van der Waals surface area contributed by atoms with E-state index >= 15 is 0 Å². The normalized spacial score (nSPS) is 11.1. The minimum atomic E-state index is -0.335. The van der Waals surface area contributed by atoms with Crippen LogP contribution in [0.2, 0.25) is 0 Å². The van der Waals surface area contributed by atoms with E-state index in [1.807, 2.05) is 37.3 Å². The summed E-state index contributed by atoms with van der Waals surface area (Å²) in [5, 5.41) is 14.5. The molecule has 0 saturated carbocycles. The number of ether oxygens (including phenoxy) is 1. The van der Waals surface area contributed by atoms with Gasteiger partial charge in [0.2, 0.25) is 0 Å². The molecule has 0 spiro atoms. The Labute approximate surface area is 152 Å². The number of amides is 1. The number of benzene rings is 2. The minimum absolute atomic E-state index is 0.159. The number of carbonyl (C=O) groups excluding carboxylic acids is 1. The van der Waals surface area contributed by atoms with Gasteiger partial charge < -0.3 is 10.1 Å². The lowest BCUT2D eigenvalue weighted by molar-refractivity contribution is 0.0977. The summed E-state index contributed by atoms with van der Waals surface area (Å²) in [6.45, 7) is 4.08. The Morgan fingerprint density at radius 3 is 2.40 bits per heavy atom. The van der Waals surface area contributed by atoms with Crippen molar-refractivity contribution in [1.82, 2.24) is 5.32 Å². The molecule has 2 N–H and O–H groups in total. The number of rotatable bonds is 5. The number of hydrogen-bond donors (Lipinski definition) is 2. The second kappa shape index (κ2) is 8.81. The monoisotopic (exact) mass is 353 g/mol. The lowest BCUT2D eigenvalue weighted by atomic mass is 10.1. The quantitative estimate of drug-likeness (QED) is 0.799. The van der Waals surface area contributed by atoms with Gasteiger partial charge in [-0.3, -0.25) is 10.1 Å². The molecule has 0 fully saturated rings. The Kier molecular flexibility index (Phi) is 6.49. The van der Waals surface area contributed by atoms with Crippen LogP contribution in [0.15, 0.2) is 48.5 Å². The van der Waals surface area contributed by atoms with Crippen LogP contribution in [0, 0.1) is 11.3 Å². The van der Waals surface area contributed by atoms with Crippen molar-refractivity contribution in [1.29, 1.82) is 5.26 Å². The highest BCUT2D eigenvalue weighted by Crippen LogP contribution is 2.17. The van der Waals surface area contributed by atoms with Crippen molar-refractivity contribution in [3.05, 3.63) is 59.7 Å². The average molecular weight is 353 g/mol. The zero-order chi connectivity index (χ0) is 18.2. The van der Waals surface area contributed by atoms with E-state index in [0.29, 0.717) is 11.1 Å². The lowest BCUT2D eigenvalue weighted by Gasteiger charge is -2.13. The molecular weight excluding hydrogens is 334 g/mol. The van der Waals surface area contributed by atoms with Gasteiger partial charge in [-0.05, 0) is 74.1 Å². The molecular formula is C19H19N3O2S. The summed E-state index contributed by atoms with van der Waals surface area (Å²) in [7, 11) is 0. The molecule has 0 aliphatic rings. The van der Waals surface area contributed by atoms with Crippen LogP contribution in [0.5, 0.6) is 5.75 Å². The fraction of sp³-hybridized carbons (Fsp3) is 0.211. The van der Waals surface area contributed by atoms with Gasteiger partial charge in [0, 0.05) is 11.3 Å². The third-order valence-corrected chi connectivity index (χ3v) is 3.73. The molecule has 0 aromatic heterocycles. The fourth-order valence-corrected chi connectivity index (χ4v) is 2.18. The van der Waals surface area contributed by atoms with Crippen molar-refractivity contribution in [2.75, 3.05) is 5.32 Å². The van der Waals surface area contributed by atoms with E-state index in [9.17, 15) is 4.79 Å². The van der Waals surface area contributed by atoms with E-state index in [-0.39, 0.29) is 17.1 Å². The molecule has 128 valence electrons. The predicted molar refractivity (Wildman–Crippen MR) is 102 cm³/mol. The summed E-state index contributed by atoms with van der Waals surface area (Å²) in [6, 6.07) is 15.7. The fourth-order valence-electron chi connectivity index (χ4n) is 1.97. The third kappa shape index (κ3) is 5.59. The molecule has 1 atom stereocenters. The third-order valence-electron chi connectivity index (χ3n) is 3.53. The number of nitriles is 1. The van der Waals surface area contributed by atoms with E-state index < -0.39 is 0 Å². The van der Waals surface area contributed by atoms with Crippen molar-refractivity contribution in [3.63, 3.8) is 0 Å². The summed E-state index contributed by atoms with van der Waals surface area (Å²) < 4.78 is 5.71. The van der Waals surface area contributed by atoms with E-state index in [1.165, 1.54) is 0 Å². The maximum Gasteiger partial charge on any atom is 0.257 e. The first-order chi connectivity index (χ1) is 12.0. The lowest BCUT2D eigenvalue weighted by Crippen LogP contribution is -2.34. The zero-order valence-electron chi connectivity index (χ0n) is 14.1. The van der Waals surface area contributed by atoms with Gasteiger partial charge in [-0.2, -0.15) is 5.26 Å². The van der Waals surface area contributed by atoms with Gasteiger partial charge in [-0.15, -0.1) is 0 Å². The number of nitrogens with one attached hydrogen (secondary N) is 2. The second-order valence-corrected chi connectivity index (χ2v) is 5.87. The summed E-state index contributed by atoms with van der Waals surface area (Å²) in [6.07, 6.45) is 1.09. The second-order valence-electron chi connectivity index (χ2n) is 5.46. The maximum atomic E-state index is 12.1. The maximum absolute atomic E-state index is 12.1. The first-order valence-electron chi connectivity index (χ1n) is 7.91. The van der Waals surface area contributed by atoms with Crippen LogP contribution in [-0.4, -0.2) is 17.1 Å². The molecule has 0 radical (unpaired) electrons. The molecule has 2 aromatic rings. The summed E-state index contributed by atoms with van der Waals surface area (Å²) in [4.78, 5) is 12.1. The minimum Gasteiger partial charge on any atom is -0.491 e. The zero-order valence-corrected chi connectivity index (χ0v) is 14.9. The molecule has 1 unspecified atom stereocenters. The molecule has 5 nitrogen and oxygen atoms in total. The first-order valence-corrected chi connectivity index (χ1v) is 8.32. The molecule has 0 heterocycles. The number of carbonyl (C=O) groups is 1. The van der Waals surface area contributed by atoms with Crippen LogP contribution in [0.25, 0.3) is 0 Å². The number of anilines is 1. The largest absolute Gasteiger partial charge is 0.491 e. The van der Waals surface area contributed by atoms with Crippen molar-refractivity contribution >= 4 is 28.9 Å². The Morgan fingerprint density at radius 2 is 1.84 bits per heavy atom. The Balaban J connectivity index is 1.90. The highest BCUT2D eigenvalue weighted by atomic mass is 32.1.